The third kappa shape index (κ3) is 3.09. The lowest BCUT2D eigenvalue weighted by atomic mass is 10.1. The Hall–Kier alpha value is -0.810. The van der Waals surface area contributed by atoms with Gasteiger partial charge in [0.2, 0.25) is 0 Å². The van der Waals surface area contributed by atoms with Gasteiger partial charge in [0.25, 0.3) is 0 Å². The summed E-state index contributed by atoms with van der Waals surface area (Å²) >= 11 is 7.24. The number of hydrogen-bond acceptors (Lipinski definition) is 4. The molecule has 0 spiro atoms. The second kappa shape index (κ2) is 4.59. The molecule has 0 aliphatic heterocycles. The van der Waals surface area contributed by atoms with Crippen LogP contribution < -0.4 is 0 Å². The first-order valence-electron chi connectivity index (χ1n) is 4.92. The first kappa shape index (κ1) is 11.7. The van der Waals surface area contributed by atoms with Crippen molar-refractivity contribution in [2.24, 2.45) is 5.41 Å². The summed E-state index contributed by atoms with van der Waals surface area (Å²) in [6.45, 7) is 0. The molecule has 16 heavy (non-hydrogen) atoms. The summed E-state index contributed by atoms with van der Waals surface area (Å²) < 4.78 is 0. The quantitative estimate of drug-likeness (QED) is 0.822. The Morgan fingerprint density at radius 1 is 1.56 bits per heavy atom. The zero-order valence-corrected chi connectivity index (χ0v) is 10.1. The minimum Gasteiger partial charge on any atom is -0.481 e. The Labute approximate surface area is 102 Å². The Morgan fingerprint density at radius 3 is 2.88 bits per heavy atom. The van der Waals surface area contributed by atoms with Crippen LogP contribution in [0, 0.1) is 5.41 Å². The minimum absolute atomic E-state index is 0.0273. The summed E-state index contributed by atoms with van der Waals surface area (Å²) in [5, 5.41) is 9.89. The van der Waals surface area contributed by atoms with E-state index in [0.29, 0.717) is 5.15 Å². The van der Waals surface area contributed by atoms with Gasteiger partial charge in [-0.2, -0.15) is 0 Å². The van der Waals surface area contributed by atoms with E-state index in [-0.39, 0.29) is 11.8 Å². The van der Waals surface area contributed by atoms with Crippen LogP contribution in [0.1, 0.15) is 19.3 Å². The largest absolute Gasteiger partial charge is 0.481 e. The van der Waals surface area contributed by atoms with Gasteiger partial charge in [-0.25, -0.2) is 4.98 Å². The van der Waals surface area contributed by atoms with E-state index in [4.69, 9.17) is 16.7 Å². The van der Waals surface area contributed by atoms with Crippen LogP contribution in [0.3, 0.4) is 0 Å². The highest BCUT2D eigenvalue weighted by molar-refractivity contribution is 7.99. The molecule has 0 radical (unpaired) electrons. The monoisotopic (exact) mass is 258 g/mol. The van der Waals surface area contributed by atoms with E-state index >= 15 is 0 Å². The van der Waals surface area contributed by atoms with Crippen molar-refractivity contribution in [3.05, 3.63) is 17.5 Å². The molecule has 2 rings (SSSR count). The third-order valence-corrected chi connectivity index (χ3v) is 4.02. The third-order valence-electron chi connectivity index (χ3n) is 2.59. The van der Waals surface area contributed by atoms with Crippen molar-refractivity contribution >= 4 is 29.3 Å². The van der Waals surface area contributed by atoms with E-state index in [0.717, 1.165) is 23.6 Å². The molecule has 0 saturated heterocycles. The van der Waals surface area contributed by atoms with Crippen LogP contribution in [0.25, 0.3) is 0 Å². The Bertz CT molecular complexity index is 410. The fourth-order valence-corrected chi connectivity index (χ4v) is 2.83. The molecule has 4 nitrogen and oxygen atoms in total. The van der Waals surface area contributed by atoms with E-state index in [9.17, 15) is 4.79 Å². The lowest BCUT2D eigenvalue weighted by molar-refractivity contribution is -0.138. The maximum atomic E-state index is 10.7. The van der Waals surface area contributed by atoms with Crippen molar-refractivity contribution in [3.8, 4) is 0 Å². The van der Waals surface area contributed by atoms with Gasteiger partial charge in [0.15, 0.2) is 0 Å². The number of aromatic nitrogens is 2. The van der Waals surface area contributed by atoms with Gasteiger partial charge in [0.05, 0.1) is 18.8 Å². The highest BCUT2D eigenvalue weighted by Gasteiger charge is 2.44. The van der Waals surface area contributed by atoms with Crippen LogP contribution >= 0.6 is 23.4 Å². The van der Waals surface area contributed by atoms with Crippen molar-refractivity contribution in [3.63, 3.8) is 0 Å². The van der Waals surface area contributed by atoms with Gasteiger partial charge in [-0.1, -0.05) is 11.6 Å². The smallest absolute Gasteiger partial charge is 0.303 e. The van der Waals surface area contributed by atoms with Crippen LogP contribution in [0.4, 0.5) is 0 Å². The number of aliphatic carboxylic acids is 1. The van der Waals surface area contributed by atoms with Gasteiger partial charge in [0, 0.05) is 5.75 Å². The van der Waals surface area contributed by atoms with Crippen LogP contribution in [0.15, 0.2) is 17.4 Å². The molecule has 1 fully saturated rings. The average molecular weight is 259 g/mol. The predicted molar refractivity (Wildman–Crippen MR) is 61.7 cm³/mol. The van der Waals surface area contributed by atoms with E-state index < -0.39 is 5.97 Å². The Morgan fingerprint density at radius 2 is 2.31 bits per heavy atom. The minimum atomic E-state index is -0.727. The highest BCUT2D eigenvalue weighted by atomic mass is 35.5. The van der Waals surface area contributed by atoms with Gasteiger partial charge in [-0.05, 0) is 18.3 Å². The second-order valence-electron chi connectivity index (χ2n) is 4.04. The highest BCUT2D eigenvalue weighted by Crippen LogP contribution is 2.51. The molecule has 0 amide bonds. The fraction of sp³-hybridized carbons (Fsp3) is 0.500. The van der Waals surface area contributed by atoms with E-state index in [1.54, 1.807) is 6.20 Å². The molecule has 1 heterocycles. The summed E-state index contributed by atoms with van der Waals surface area (Å²) in [4.78, 5) is 18.7. The molecule has 1 aromatic rings. The fourth-order valence-electron chi connectivity index (χ4n) is 1.49. The lowest BCUT2D eigenvalue weighted by Gasteiger charge is -2.10. The number of thioether (sulfide) groups is 1. The van der Waals surface area contributed by atoms with Crippen molar-refractivity contribution in [1.29, 1.82) is 0 Å². The maximum Gasteiger partial charge on any atom is 0.303 e. The van der Waals surface area contributed by atoms with Crippen molar-refractivity contribution in [2.75, 3.05) is 5.75 Å². The first-order chi connectivity index (χ1) is 7.60. The molecule has 6 heteroatoms. The maximum absolute atomic E-state index is 10.7. The van der Waals surface area contributed by atoms with Gasteiger partial charge in [-0.15, -0.1) is 11.8 Å². The van der Waals surface area contributed by atoms with Gasteiger partial charge >= 0.3 is 5.97 Å². The standard InChI is InChI=1S/C10H11ClN2O2S/c11-7-4-12-5-8(13-7)16-6-10(1-2-10)3-9(14)15/h4-5H,1-3,6H2,(H,14,15). The lowest BCUT2D eigenvalue weighted by Crippen LogP contribution is -2.11. The Kier molecular flexibility index (Phi) is 3.35. The number of hydrogen-bond donors (Lipinski definition) is 1. The van der Waals surface area contributed by atoms with Crippen molar-refractivity contribution < 1.29 is 9.90 Å². The number of halogens is 1. The molecule has 0 unspecified atom stereocenters. The molecule has 1 aromatic heterocycles. The SMILES string of the molecule is O=C(O)CC1(CSc2cncc(Cl)n2)CC1. The average Bonchev–Trinajstić information content (AvgIpc) is 2.95. The normalized spacial score (nSPS) is 17.1. The molecule has 1 saturated carbocycles. The van der Waals surface area contributed by atoms with Crippen molar-refractivity contribution in [1.82, 2.24) is 9.97 Å². The molecule has 0 atom stereocenters. The van der Waals surface area contributed by atoms with Gasteiger partial charge in [0.1, 0.15) is 10.2 Å². The number of carboxylic acid groups (broad SMARTS) is 1. The van der Waals surface area contributed by atoms with Gasteiger partial charge < -0.3 is 5.11 Å². The zero-order chi connectivity index (χ0) is 11.6. The molecular weight excluding hydrogens is 248 g/mol. The van der Waals surface area contributed by atoms with E-state index in [1.165, 1.54) is 18.0 Å². The summed E-state index contributed by atoms with van der Waals surface area (Å²) in [7, 11) is 0. The summed E-state index contributed by atoms with van der Waals surface area (Å²) in [5.41, 5.74) is -0.0273. The second-order valence-corrected chi connectivity index (χ2v) is 5.42. The number of nitrogens with zero attached hydrogens (tertiary/aromatic N) is 2. The van der Waals surface area contributed by atoms with Crippen molar-refractivity contribution in [2.45, 2.75) is 24.3 Å². The molecule has 0 aromatic carbocycles. The summed E-state index contributed by atoms with van der Waals surface area (Å²) in [6.07, 6.45) is 5.34. The Balaban J connectivity index is 1.90. The molecule has 1 aliphatic rings. The first-order valence-corrected chi connectivity index (χ1v) is 6.28. The molecule has 1 aliphatic carbocycles. The summed E-state index contributed by atoms with van der Waals surface area (Å²) in [6, 6.07) is 0. The molecular formula is C10H11ClN2O2S. The van der Waals surface area contributed by atoms with Gasteiger partial charge in [-0.3, -0.25) is 9.78 Å². The van der Waals surface area contributed by atoms with Crippen LogP contribution in [0.5, 0.6) is 0 Å². The van der Waals surface area contributed by atoms with E-state index in [2.05, 4.69) is 9.97 Å². The predicted octanol–water partition coefficient (Wildman–Crippen LogP) is 2.48. The number of carbonyl (C=O) groups is 1. The molecule has 0 bridgehead atoms. The van der Waals surface area contributed by atoms with Crippen LogP contribution in [0.2, 0.25) is 5.15 Å². The van der Waals surface area contributed by atoms with Crippen LogP contribution in [-0.2, 0) is 4.79 Å². The number of rotatable bonds is 5. The molecule has 86 valence electrons. The number of carboxylic acids is 1. The summed E-state index contributed by atoms with van der Waals surface area (Å²) in [5.74, 6) is 0.0456. The van der Waals surface area contributed by atoms with E-state index in [1.807, 2.05) is 0 Å². The topological polar surface area (TPSA) is 63.1 Å². The molecule has 1 N–H and O–H groups in total. The zero-order valence-electron chi connectivity index (χ0n) is 8.52. The van der Waals surface area contributed by atoms with Crippen LogP contribution in [-0.4, -0.2) is 26.8 Å².